The van der Waals surface area contributed by atoms with E-state index in [2.05, 4.69) is 41.0 Å². The zero-order valence-corrected chi connectivity index (χ0v) is 14.5. The number of carbonyl (C=O) groups excluding carboxylic acids is 1. The quantitative estimate of drug-likeness (QED) is 0.829. The first kappa shape index (κ1) is 16.5. The van der Waals surface area contributed by atoms with Gasteiger partial charge in [-0.15, -0.1) is 0 Å². The Labute approximate surface area is 140 Å². The molecule has 1 heterocycles. The maximum Gasteiger partial charge on any atom is 0.222 e. The van der Waals surface area contributed by atoms with Crippen molar-refractivity contribution in [1.29, 1.82) is 0 Å². The molecule has 0 spiro atoms. The zero-order chi connectivity index (χ0) is 16.1. The molecule has 1 aliphatic heterocycles. The number of aryl methyl sites for hydroxylation is 1. The first-order valence-electron chi connectivity index (χ1n) is 9.27. The molecule has 1 aromatic carbocycles. The van der Waals surface area contributed by atoms with Crippen LogP contribution in [-0.4, -0.2) is 41.9 Å². The lowest BCUT2D eigenvalue weighted by atomic mass is 10.0. The fraction of sp³-hybridized carbons (Fsp3) is 0.650. The van der Waals surface area contributed by atoms with Crippen molar-refractivity contribution >= 4 is 5.91 Å². The van der Waals surface area contributed by atoms with Gasteiger partial charge in [-0.3, -0.25) is 9.69 Å². The highest BCUT2D eigenvalue weighted by atomic mass is 16.2. The number of hydrogen-bond donors (Lipinski definition) is 0. The predicted molar refractivity (Wildman–Crippen MR) is 94.2 cm³/mol. The molecule has 2 fully saturated rings. The summed E-state index contributed by atoms with van der Waals surface area (Å²) in [6.07, 6.45) is 7.31. The smallest absolute Gasteiger partial charge is 0.222 e. The highest BCUT2D eigenvalue weighted by Crippen LogP contribution is 2.28. The van der Waals surface area contributed by atoms with Crippen molar-refractivity contribution in [2.75, 3.05) is 26.2 Å². The molecule has 0 atom stereocenters. The summed E-state index contributed by atoms with van der Waals surface area (Å²) in [6, 6.07) is 8.61. The standard InChI is InChI=1S/C20H30N2O/c1-17-6-2-5-9-19(17)16-21-12-14-22(15-13-21)20(23)11-10-18-7-3-4-8-18/h2,5-6,9,18H,3-4,7-8,10-16H2,1H3. The number of piperazine rings is 1. The fourth-order valence-electron chi connectivity index (χ4n) is 3.97. The lowest BCUT2D eigenvalue weighted by Crippen LogP contribution is -2.48. The van der Waals surface area contributed by atoms with Crippen molar-refractivity contribution in [3.05, 3.63) is 35.4 Å². The largest absolute Gasteiger partial charge is 0.340 e. The maximum atomic E-state index is 12.4. The number of benzene rings is 1. The fourth-order valence-corrected chi connectivity index (χ4v) is 3.97. The monoisotopic (exact) mass is 314 g/mol. The van der Waals surface area contributed by atoms with Gasteiger partial charge in [0.25, 0.3) is 0 Å². The lowest BCUT2D eigenvalue weighted by Gasteiger charge is -2.35. The summed E-state index contributed by atoms with van der Waals surface area (Å²) in [4.78, 5) is 16.9. The Morgan fingerprint density at radius 2 is 1.78 bits per heavy atom. The number of amides is 1. The summed E-state index contributed by atoms with van der Waals surface area (Å²) in [7, 11) is 0. The van der Waals surface area contributed by atoms with Crippen LogP contribution >= 0.6 is 0 Å². The van der Waals surface area contributed by atoms with Crippen LogP contribution in [0, 0.1) is 12.8 Å². The Hall–Kier alpha value is -1.35. The van der Waals surface area contributed by atoms with E-state index in [1.165, 1.54) is 36.8 Å². The normalized spacial score (nSPS) is 20.1. The van der Waals surface area contributed by atoms with Crippen molar-refractivity contribution in [2.24, 2.45) is 5.92 Å². The molecular weight excluding hydrogens is 284 g/mol. The molecule has 0 N–H and O–H groups in total. The van der Waals surface area contributed by atoms with Crippen molar-refractivity contribution in [1.82, 2.24) is 9.80 Å². The Morgan fingerprint density at radius 3 is 2.48 bits per heavy atom. The summed E-state index contributed by atoms with van der Waals surface area (Å²) in [5.74, 6) is 1.20. The molecule has 3 nitrogen and oxygen atoms in total. The molecule has 1 aliphatic carbocycles. The second-order valence-electron chi connectivity index (χ2n) is 7.27. The predicted octanol–water partition coefficient (Wildman–Crippen LogP) is 3.61. The molecular formula is C20H30N2O. The second-order valence-corrected chi connectivity index (χ2v) is 7.27. The minimum Gasteiger partial charge on any atom is -0.340 e. The van der Waals surface area contributed by atoms with Gasteiger partial charge in [0.2, 0.25) is 5.91 Å². The molecule has 0 unspecified atom stereocenters. The van der Waals surface area contributed by atoms with Crippen molar-refractivity contribution in [2.45, 2.75) is 52.0 Å². The van der Waals surface area contributed by atoms with Crippen LogP contribution in [0.25, 0.3) is 0 Å². The summed E-state index contributed by atoms with van der Waals surface area (Å²) < 4.78 is 0. The Bertz CT molecular complexity index is 514. The molecule has 23 heavy (non-hydrogen) atoms. The highest BCUT2D eigenvalue weighted by molar-refractivity contribution is 5.76. The van der Waals surface area contributed by atoms with E-state index in [4.69, 9.17) is 0 Å². The van der Waals surface area contributed by atoms with Gasteiger partial charge in [-0.1, -0.05) is 49.9 Å². The molecule has 0 bridgehead atoms. The summed E-state index contributed by atoms with van der Waals surface area (Å²) in [6.45, 7) is 6.99. The van der Waals surface area contributed by atoms with Crippen molar-refractivity contribution < 1.29 is 4.79 Å². The van der Waals surface area contributed by atoms with Crippen LogP contribution in [0.2, 0.25) is 0 Å². The maximum absolute atomic E-state index is 12.4. The molecule has 1 aromatic rings. The van der Waals surface area contributed by atoms with Crippen LogP contribution in [0.4, 0.5) is 0 Å². The molecule has 3 heteroatoms. The molecule has 3 rings (SSSR count). The lowest BCUT2D eigenvalue weighted by molar-refractivity contribution is -0.133. The average Bonchev–Trinajstić information content (AvgIpc) is 3.09. The summed E-state index contributed by atoms with van der Waals surface area (Å²) in [5.41, 5.74) is 2.77. The van der Waals surface area contributed by atoms with Gasteiger partial charge in [0, 0.05) is 39.1 Å². The van der Waals surface area contributed by atoms with E-state index in [-0.39, 0.29) is 0 Å². The number of carbonyl (C=O) groups is 1. The Balaban J connectivity index is 1.41. The summed E-state index contributed by atoms with van der Waals surface area (Å²) in [5, 5.41) is 0. The first-order chi connectivity index (χ1) is 11.2. The minimum absolute atomic E-state index is 0.382. The van der Waals surface area contributed by atoms with Gasteiger partial charge in [-0.05, 0) is 30.4 Å². The van der Waals surface area contributed by atoms with Crippen LogP contribution in [0.3, 0.4) is 0 Å². The van der Waals surface area contributed by atoms with Crippen LogP contribution < -0.4 is 0 Å². The number of nitrogens with zero attached hydrogens (tertiary/aromatic N) is 2. The van der Waals surface area contributed by atoms with Gasteiger partial charge in [0.15, 0.2) is 0 Å². The topological polar surface area (TPSA) is 23.6 Å². The van der Waals surface area contributed by atoms with Crippen LogP contribution in [0.15, 0.2) is 24.3 Å². The first-order valence-corrected chi connectivity index (χ1v) is 9.27. The molecule has 0 radical (unpaired) electrons. The average molecular weight is 314 g/mol. The summed E-state index contributed by atoms with van der Waals surface area (Å²) >= 11 is 0. The third-order valence-corrected chi connectivity index (χ3v) is 5.62. The van der Waals surface area contributed by atoms with E-state index in [1.54, 1.807) is 0 Å². The highest BCUT2D eigenvalue weighted by Gasteiger charge is 2.23. The Morgan fingerprint density at radius 1 is 1.09 bits per heavy atom. The SMILES string of the molecule is Cc1ccccc1CN1CCN(C(=O)CCC2CCCC2)CC1. The van der Waals surface area contributed by atoms with E-state index < -0.39 is 0 Å². The molecule has 0 aromatic heterocycles. The van der Waals surface area contributed by atoms with Gasteiger partial charge in [0.05, 0.1) is 0 Å². The van der Waals surface area contributed by atoms with Crippen LogP contribution in [0.5, 0.6) is 0 Å². The van der Waals surface area contributed by atoms with Gasteiger partial charge in [0.1, 0.15) is 0 Å². The van der Waals surface area contributed by atoms with E-state index in [0.29, 0.717) is 5.91 Å². The van der Waals surface area contributed by atoms with Gasteiger partial charge in [-0.25, -0.2) is 0 Å². The molecule has 126 valence electrons. The molecule has 1 amide bonds. The molecule has 1 saturated carbocycles. The minimum atomic E-state index is 0.382. The van der Waals surface area contributed by atoms with Crippen LogP contribution in [0.1, 0.15) is 49.7 Å². The molecule has 2 aliphatic rings. The second kappa shape index (κ2) is 7.96. The van der Waals surface area contributed by atoms with Gasteiger partial charge < -0.3 is 4.90 Å². The van der Waals surface area contributed by atoms with Gasteiger partial charge in [-0.2, -0.15) is 0 Å². The van der Waals surface area contributed by atoms with Crippen LogP contribution in [-0.2, 0) is 11.3 Å². The van der Waals surface area contributed by atoms with E-state index in [9.17, 15) is 4.79 Å². The Kier molecular flexibility index (Phi) is 5.71. The van der Waals surface area contributed by atoms with E-state index in [0.717, 1.165) is 51.5 Å². The van der Waals surface area contributed by atoms with E-state index >= 15 is 0 Å². The van der Waals surface area contributed by atoms with Crippen molar-refractivity contribution in [3.63, 3.8) is 0 Å². The third-order valence-electron chi connectivity index (χ3n) is 5.62. The van der Waals surface area contributed by atoms with Crippen molar-refractivity contribution in [3.8, 4) is 0 Å². The van der Waals surface area contributed by atoms with E-state index in [1.807, 2.05) is 0 Å². The number of hydrogen-bond acceptors (Lipinski definition) is 2. The third kappa shape index (κ3) is 4.57. The van der Waals surface area contributed by atoms with Gasteiger partial charge >= 0.3 is 0 Å². The number of rotatable bonds is 5. The molecule has 1 saturated heterocycles. The zero-order valence-electron chi connectivity index (χ0n) is 14.5.